The van der Waals surface area contributed by atoms with Crippen LogP contribution in [0.2, 0.25) is 5.02 Å². The van der Waals surface area contributed by atoms with E-state index in [2.05, 4.69) is 10.5 Å². The predicted octanol–water partition coefficient (Wildman–Crippen LogP) is 3.36. The van der Waals surface area contributed by atoms with Crippen LogP contribution in [0.3, 0.4) is 0 Å². The first-order valence-corrected chi connectivity index (χ1v) is 11.6. The Morgan fingerprint density at radius 2 is 1.74 bits per heavy atom. The Morgan fingerprint density at radius 1 is 1.03 bits per heavy atom. The third-order valence-electron chi connectivity index (χ3n) is 5.56. The number of hydrogen-bond donors (Lipinski definition) is 4. The molecule has 1 atom stereocenters. The zero-order valence-electron chi connectivity index (χ0n) is 19.6. The molecular formula is C26H21ClF2N4O5. The van der Waals surface area contributed by atoms with Gasteiger partial charge in [-0.2, -0.15) is 0 Å². The fourth-order valence-corrected chi connectivity index (χ4v) is 3.87. The minimum atomic E-state index is -1.84. The predicted molar refractivity (Wildman–Crippen MR) is 135 cm³/mol. The van der Waals surface area contributed by atoms with Crippen molar-refractivity contribution in [1.29, 1.82) is 0 Å². The number of carboxylic acid groups (broad SMARTS) is 1. The van der Waals surface area contributed by atoms with E-state index in [9.17, 15) is 28.3 Å². The number of nitrogens with one attached hydrogen (secondary N) is 2. The Morgan fingerprint density at radius 3 is 2.42 bits per heavy atom. The number of carboxylic acids is 1. The molecule has 38 heavy (non-hydrogen) atoms. The lowest BCUT2D eigenvalue weighted by Gasteiger charge is -2.24. The highest BCUT2D eigenvalue weighted by atomic mass is 35.5. The highest BCUT2D eigenvalue weighted by Crippen LogP contribution is 2.26. The molecule has 12 heteroatoms. The molecule has 3 aromatic carbocycles. The fraction of sp³-hybridized carbons (Fsp3) is 0.115. The number of hydrogen-bond acceptors (Lipinski definition) is 5. The minimum absolute atomic E-state index is 0.0490. The van der Waals surface area contributed by atoms with Crippen LogP contribution in [0.4, 0.5) is 8.78 Å². The fourth-order valence-electron chi connectivity index (χ4n) is 3.69. The molecule has 1 amide bonds. The van der Waals surface area contributed by atoms with Crippen molar-refractivity contribution < 1.29 is 28.6 Å². The number of para-hydroxylation sites is 1. The maximum absolute atomic E-state index is 14.2. The van der Waals surface area contributed by atoms with E-state index < -0.39 is 41.7 Å². The average molecular weight is 543 g/mol. The molecule has 0 aliphatic heterocycles. The smallest absolute Gasteiger partial charge is 0.333 e. The Bertz CT molecular complexity index is 1540. The summed E-state index contributed by atoms with van der Waals surface area (Å²) < 4.78 is 29.2. The Kier molecular flexibility index (Phi) is 8.01. The van der Waals surface area contributed by atoms with Crippen LogP contribution in [0.25, 0.3) is 16.8 Å². The summed E-state index contributed by atoms with van der Waals surface area (Å²) in [6.45, 7) is -0.545. The van der Waals surface area contributed by atoms with Crippen LogP contribution in [0.5, 0.6) is 0 Å². The number of carbonyl (C=O) groups is 2. The Hall–Kier alpha value is -4.32. The summed E-state index contributed by atoms with van der Waals surface area (Å²) in [4.78, 5) is 36.4. The number of benzene rings is 3. The van der Waals surface area contributed by atoms with E-state index in [4.69, 9.17) is 16.7 Å². The first-order valence-electron chi connectivity index (χ1n) is 11.2. The molecule has 0 saturated carbocycles. The summed E-state index contributed by atoms with van der Waals surface area (Å²) in [7, 11) is 0. The molecule has 1 aromatic heterocycles. The monoisotopic (exact) mass is 542 g/mol. The first-order chi connectivity index (χ1) is 18.1. The second kappa shape index (κ2) is 11.4. The van der Waals surface area contributed by atoms with Crippen molar-refractivity contribution in [3.05, 3.63) is 111 Å². The largest absolute Gasteiger partial charge is 0.479 e. The Balaban J connectivity index is 1.54. The molecule has 0 unspecified atom stereocenters. The SMILES string of the molecule is O=C(NN(Cc1ccc(-c2cc(Cl)ccc2F)cc1)C[C@@H](O)C(=O)O)c1cc(=O)n(-c2ccccc2F)[nH]1. The molecule has 4 rings (SSSR count). The van der Waals surface area contributed by atoms with Crippen molar-refractivity contribution in [3.8, 4) is 16.8 Å². The molecule has 4 N–H and O–H groups in total. The quantitative estimate of drug-likeness (QED) is 0.240. The summed E-state index contributed by atoms with van der Waals surface area (Å²) in [6, 6.07) is 17.1. The molecule has 196 valence electrons. The van der Waals surface area contributed by atoms with Gasteiger partial charge in [-0.25, -0.2) is 23.3 Å². The zero-order valence-corrected chi connectivity index (χ0v) is 20.3. The summed E-state index contributed by atoms with van der Waals surface area (Å²) in [5.74, 6) is -3.48. The van der Waals surface area contributed by atoms with E-state index in [1.54, 1.807) is 24.3 Å². The topological polar surface area (TPSA) is 128 Å². The van der Waals surface area contributed by atoms with Gasteiger partial charge < -0.3 is 10.2 Å². The van der Waals surface area contributed by atoms with Crippen molar-refractivity contribution >= 4 is 23.5 Å². The van der Waals surface area contributed by atoms with E-state index in [0.29, 0.717) is 21.7 Å². The molecule has 0 aliphatic carbocycles. The van der Waals surface area contributed by atoms with Gasteiger partial charge in [-0.3, -0.25) is 20.1 Å². The number of aliphatic hydroxyl groups is 1. The van der Waals surface area contributed by atoms with Gasteiger partial charge in [0.1, 0.15) is 23.0 Å². The van der Waals surface area contributed by atoms with Crippen molar-refractivity contribution in [2.45, 2.75) is 12.6 Å². The van der Waals surface area contributed by atoms with E-state index in [0.717, 1.165) is 21.8 Å². The number of nitrogens with zero attached hydrogens (tertiary/aromatic N) is 2. The van der Waals surface area contributed by atoms with Crippen LogP contribution < -0.4 is 11.0 Å². The number of aromatic nitrogens is 2. The van der Waals surface area contributed by atoms with Crippen molar-refractivity contribution in [3.63, 3.8) is 0 Å². The van der Waals surface area contributed by atoms with Gasteiger partial charge >= 0.3 is 5.97 Å². The Labute approximate surface area is 219 Å². The number of carbonyl (C=O) groups excluding carboxylic acids is 1. The van der Waals surface area contributed by atoms with Gasteiger partial charge in [0.05, 0.1) is 6.54 Å². The van der Waals surface area contributed by atoms with Crippen LogP contribution in [0, 0.1) is 11.6 Å². The normalized spacial score (nSPS) is 11.9. The molecule has 9 nitrogen and oxygen atoms in total. The van der Waals surface area contributed by atoms with Gasteiger partial charge in [0.2, 0.25) is 0 Å². The molecule has 0 radical (unpaired) electrons. The number of amides is 1. The van der Waals surface area contributed by atoms with Gasteiger partial charge in [0, 0.05) is 23.2 Å². The lowest BCUT2D eigenvalue weighted by atomic mass is 10.0. The molecule has 0 fully saturated rings. The second-order valence-electron chi connectivity index (χ2n) is 8.29. The number of rotatable bonds is 9. The second-order valence-corrected chi connectivity index (χ2v) is 8.73. The highest BCUT2D eigenvalue weighted by Gasteiger charge is 2.22. The number of hydrazine groups is 1. The molecular weight excluding hydrogens is 522 g/mol. The summed E-state index contributed by atoms with van der Waals surface area (Å²) >= 11 is 5.97. The van der Waals surface area contributed by atoms with E-state index in [1.807, 2.05) is 0 Å². The lowest BCUT2D eigenvalue weighted by molar-refractivity contribution is -0.148. The standard InChI is InChI=1S/C26H21ClF2N4O5/c27-17-9-10-19(28)18(11-17)16-7-5-15(6-8-16)13-32(14-23(34)26(37)38)31-25(36)21-12-24(35)33(30-21)22-4-2-1-3-20(22)29/h1-12,23,30,34H,13-14H2,(H,31,36)(H,37,38)/t23-/m1/s1. The average Bonchev–Trinajstić information content (AvgIpc) is 3.27. The highest BCUT2D eigenvalue weighted by molar-refractivity contribution is 6.30. The molecule has 0 bridgehead atoms. The number of halogens is 3. The maximum atomic E-state index is 14.2. The van der Waals surface area contributed by atoms with Crippen molar-refractivity contribution in [2.24, 2.45) is 0 Å². The molecule has 1 heterocycles. The lowest BCUT2D eigenvalue weighted by Crippen LogP contribution is -2.47. The van der Waals surface area contributed by atoms with E-state index >= 15 is 0 Å². The number of aliphatic carboxylic acids is 1. The third-order valence-corrected chi connectivity index (χ3v) is 5.80. The van der Waals surface area contributed by atoms with E-state index in [1.165, 1.54) is 36.4 Å². The number of aliphatic hydroxyl groups excluding tert-OH is 1. The van der Waals surface area contributed by atoms with Gasteiger partial charge in [0.15, 0.2) is 6.10 Å². The summed E-state index contributed by atoms with van der Waals surface area (Å²) in [6.07, 6.45) is -1.84. The molecule has 0 spiro atoms. The summed E-state index contributed by atoms with van der Waals surface area (Å²) in [5, 5.41) is 23.0. The molecule has 4 aromatic rings. The van der Waals surface area contributed by atoms with Crippen LogP contribution in [0.15, 0.2) is 77.6 Å². The zero-order chi connectivity index (χ0) is 27.4. The molecule has 0 aliphatic rings. The van der Waals surface area contributed by atoms with Gasteiger partial charge in [0.25, 0.3) is 11.5 Å². The van der Waals surface area contributed by atoms with Gasteiger partial charge in [-0.1, -0.05) is 48.0 Å². The minimum Gasteiger partial charge on any atom is -0.479 e. The van der Waals surface area contributed by atoms with E-state index in [-0.39, 0.29) is 17.9 Å². The summed E-state index contributed by atoms with van der Waals surface area (Å²) in [5.41, 5.74) is 2.87. The van der Waals surface area contributed by atoms with Crippen LogP contribution in [-0.4, -0.2) is 49.5 Å². The van der Waals surface area contributed by atoms with Crippen molar-refractivity contribution in [1.82, 2.24) is 20.2 Å². The number of aromatic amines is 1. The van der Waals surface area contributed by atoms with Crippen molar-refractivity contribution in [2.75, 3.05) is 6.54 Å². The van der Waals surface area contributed by atoms with Gasteiger partial charge in [-0.15, -0.1) is 0 Å². The number of H-pyrrole nitrogens is 1. The van der Waals surface area contributed by atoms with Crippen LogP contribution in [-0.2, 0) is 11.3 Å². The third kappa shape index (κ3) is 6.14. The van der Waals surface area contributed by atoms with Crippen LogP contribution in [0.1, 0.15) is 16.1 Å². The van der Waals surface area contributed by atoms with Crippen LogP contribution >= 0.6 is 11.6 Å². The maximum Gasteiger partial charge on any atom is 0.333 e. The first kappa shape index (κ1) is 26.7. The van der Waals surface area contributed by atoms with Gasteiger partial charge in [-0.05, 0) is 41.5 Å². The molecule has 0 saturated heterocycles.